The molecule has 0 amide bonds. The number of anilines is 1. The first-order chi connectivity index (χ1) is 6.68. The van der Waals surface area contributed by atoms with Gasteiger partial charge in [0.05, 0.1) is 0 Å². The second-order valence-electron chi connectivity index (χ2n) is 3.02. The summed E-state index contributed by atoms with van der Waals surface area (Å²) in [4.78, 5) is 10.8. The Bertz CT molecular complexity index is 414. The number of carboxylic acid groups (broad SMARTS) is 1. The van der Waals surface area contributed by atoms with Crippen LogP contribution in [0.15, 0.2) is 30.3 Å². The van der Waals surface area contributed by atoms with Gasteiger partial charge in [0.15, 0.2) is 0 Å². The Labute approximate surface area is 89.6 Å². The number of fused-ring (bicyclic) bond motifs is 1. The van der Waals surface area contributed by atoms with E-state index in [0.29, 0.717) is 0 Å². The zero-order valence-electron chi connectivity index (χ0n) is 7.20. The highest BCUT2D eigenvalue weighted by Gasteiger charge is 2.21. The maximum atomic E-state index is 10.8. The Balaban J connectivity index is 2.44. The van der Waals surface area contributed by atoms with Gasteiger partial charge in [-0.15, -0.1) is 0 Å². The second kappa shape index (κ2) is 3.46. The normalized spacial score (nSPS) is 19.2. The number of hydrogen-bond donors (Lipinski definition) is 2. The van der Waals surface area contributed by atoms with Crippen molar-refractivity contribution >= 4 is 32.1 Å². The first-order valence-electron chi connectivity index (χ1n) is 4.14. The molecule has 1 aromatic rings. The van der Waals surface area contributed by atoms with Crippen LogP contribution >= 0.6 is 15.9 Å². The zero-order valence-corrected chi connectivity index (χ0v) is 8.78. The molecule has 1 aliphatic heterocycles. The average molecular weight is 254 g/mol. The number of para-hydroxylation sites is 1. The molecular formula is C10H8BrNO2. The smallest absolute Gasteiger partial charge is 0.330 e. The first kappa shape index (κ1) is 9.27. The molecule has 0 saturated heterocycles. The van der Waals surface area contributed by atoms with Crippen molar-refractivity contribution < 1.29 is 9.90 Å². The van der Waals surface area contributed by atoms with Crippen LogP contribution < -0.4 is 5.32 Å². The Morgan fingerprint density at radius 2 is 2.14 bits per heavy atom. The highest BCUT2D eigenvalue weighted by atomic mass is 79.9. The van der Waals surface area contributed by atoms with E-state index in [1.807, 2.05) is 24.3 Å². The Hall–Kier alpha value is -1.29. The van der Waals surface area contributed by atoms with Crippen molar-refractivity contribution in [1.82, 2.24) is 0 Å². The fraction of sp³-hybridized carbons (Fsp3) is 0.100. The summed E-state index contributed by atoms with van der Waals surface area (Å²) in [5, 5.41) is 11.8. The van der Waals surface area contributed by atoms with Gasteiger partial charge in [-0.05, 0) is 12.1 Å². The van der Waals surface area contributed by atoms with Gasteiger partial charge in [-0.25, -0.2) is 4.79 Å². The van der Waals surface area contributed by atoms with E-state index in [0.717, 1.165) is 15.7 Å². The molecule has 0 bridgehead atoms. The largest absolute Gasteiger partial charge is 0.479 e. The molecule has 0 spiro atoms. The zero-order chi connectivity index (χ0) is 10.1. The summed E-state index contributed by atoms with van der Waals surface area (Å²) in [6, 6.07) is 6.92. The molecule has 3 nitrogen and oxygen atoms in total. The lowest BCUT2D eigenvalue weighted by Crippen LogP contribution is -2.29. The molecular weight excluding hydrogens is 246 g/mol. The lowest BCUT2D eigenvalue weighted by molar-refractivity contribution is -0.136. The van der Waals surface area contributed by atoms with Gasteiger partial charge in [-0.3, -0.25) is 0 Å². The van der Waals surface area contributed by atoms with Gasteiger partial charge in [0.2, 0.25) is 0 Å². The SMILES string of the molecule is O=C(O)C1C=C(Br)c2ccccc2N1. The monoisotopic (exact) mass is 253 g/mol. The third kappa shape index (κ3) is 1.53. The third-order valence-corrected chi connectivity index (χ3v) is 2.77. The molecule has 1 heterocycles. The van der Waals surface area contributed by atoms with E-state index in [4.69, 9.17) is 5.11 Å². The summed E-state index contributed by atoms with van der Waals surface area (Å²) in [7, 11) is 0. The van der Waals surface area contributed by atoms with Crippen LogP contribution in [-0.2, 0) is 4.79 Å². The molecule has 72 valence electrons. The van der Waals surface area contributed by atoms with E-state index in [2.05, 4.69) is 21.2 Å². The summed E-state index contributed by atoms with van der Waals surface area (Å²) in [6.45, 7) is 0. The minimum atomic E-state index is -0.878. The molecule has 0 radical (unpaired) electrons. The predicted octanol–water partition coefficient (Wildman–Crippen LogP) is 2.30. The van der Waals surface area contributed by atoms with Crippen LogP contribution in [0.2, 0.25) is 0 Å². The van der Waals surface area contributed by atoms with E-state index in [1.54, 1.807) is 6.08 Å². The van der Waals surface area contributed by atoms with Gasteiger partial charge in [-0.1, -0.05) is 34.1 Å². The van der Waals surface area contributed by atoms with Gasteiger partial charge in [0.1, 0.15) is 6.04 Å². The number of rotatable bonds is 1. The highest BCUT2D eigenvalue weighted by Crippen LogP contribution is 2.32. The summed E-state index contributed by atoms with van der Waals surface area (Å²) < 4.78 is 0.819. The number of carbonyl (C=O) groups is 1. The van der Waals surface area contributed by atoms with E-state index < -0.39 is 12.0 Å². The molecule has 1 unspecified atom stereocenters. The van der Waals surface area contributed by atoms with Crippen molar-refractivity contribution in [3.63, 3.8) is 0 Å². The van der Waals surface area contributed by atoms with E-state index in [1.165, 1.54) is 0 Å². The molecule has 1 aliphatic rings. The fourth-order valence-electron chi connectivity index (χ4n) is 1.40. The van der Waals surface area contributed by atoms with Crippen molar-refractivity contribution in [3.05, 3.63) is 35.9 Å². The van der Waals surface area contributed by atoms with Crippen molar-refractivity contribution in [3.8, 4) is 0 Å². The number of hydrogen-bond acceptors (Lipinski definition) is 2. The molecule has 2 rings (SSSR count). The van der Waals surface area contributed by atoms with Crippen molar-refractivity contribution in [1.29, 1.82) is 0 Å². The van der Waals surface area contributed by atoms with Gasteiger partial charge < -0.3 is 10.4 Å². The fourth-order valence-corrected chi connectivity index (χ4v) is 2.01. The number of nitrogens with one attached hydrogen (secondary N) is 1. The maximum Gasteiger partial charge on any atom is 0.330 e. The second-order valence-corrected chi connectivity index (χ2v) is 3.87. The minimum absolute atomic E-state index is 0.653. The van der Waals surface area contributed by atoms with Crippen LogP contribution in [0.5, 0.6) is 0 Å². The molecule has 14 heavy (non-hydrogen) atoms. The van der Waals surface area contributed by atoms with Crippen LogP contribution in [0.1, 0.15) is 5.56 Å². The molecule has 0 aliphatic carbocycles. The molecule has 4 heteroatoms. The lowest BCUT2D eigenvalue weighted by atomic mass is 10.1. The molecule has 0 fully saturated rings. The summed E-state index contributed by atoms with van der Waals surface area (Å²) in [6.07, 6.45) is 1.64. The topological polar surface area (TPSA) is 49.3 Å². The van der Waals surface area contributed by atoms with Crippen LogP contribution in [-0.4, -0.2) is 17.1 Å². The summed E-state index contributed by atoms with van der Waals surface area (Å²) in [5.41, 5.74) is 1.83. The minimum Gasteiger partial charge on any atom is -0.479 e. The quantitative estimate of drug-likeness (QED) is 0.808. The van der Waals surface area contributed by atoms with Gasteiger partial charge >= 0.3 is 5.97 Å². The molecule has 2 N–H and O–H groups in total. The summed E-state index contributed by atoms with van der Waals surface area (Å²) in [5.74, 6) is -0.878. The maximum absolute atomic E-state index is 10.8. The van der Waals surface area contributed by atoms with Crippen molar-refractivity contribution in [2.24, 2.45) is 0 Å². The number of benzene rings is 1. The number of carboxylic acids is 1. The Morgan fingerprint density at radius 1 is 1.43 bits per heavy atom. The number of aliphatic carboxylic acids is 1. The Morgan fingerprint density at radius 3 is 2.86 bits per heavy atom. The standard InChI is InChI=1S/C10H8BrNO2/c11-7-5-9(10(13)14)12-8-4-2-1-3-6(7)8/h1-5,9,12H,(H,13,14). The number of halogens is 1. The Kier molecular flexibility index (Phi) is 2.29. The molecule has 0 aromatic heterocycles. The van der Waals surface area contributed by atoms with E-state index in [-0.39, 0.29) is 0 Å². The highest BCUT2D eigenvalue weighted by molar-refractivity contribution is 9.15. The first-order valence-corrected chi connectivity index (χ1v) is 4.94. The molecule has 1 aromatic carbocycles. The van der Waals surface area contributed by atoms with Crippen LogP contribution in [0.3, 0.4) is 0 Å². The van der Waals surface area contributed by atoms with E-state index in [9.17, 15) is 4.79 Å². The van der Waals surface area contributed by atoms with Crippen molar-refractivity contribution in [2.45, 2.75) is 6.04 Å². The van der Waals surface area contributed by atoms with Gasteiger partial charge in [-0.2, -0.15) is 0 Å². The van der Waals surface area contributed by atoms with E-state index >= 15 is 0 Å². The van der Waals surface area contributed by atoms with Crippen LogP contribution in [0.4, 0.5) is 5.69 Å². The van der Waals surface area contributed by atoms with Gasteiger partial charge in [0, 0.05) is 15.7 Å². The van der Waals surface area contributed by atoms with Crippen LogP contribution in [0, 0.1) is 0 Å². The molecule has 1 atom stereocenters. The predicted molar refractivity (Wildman–Crippen MR) is 58.4 cm³/mol. The van der Waals surface area contributed by atoms with Gasteiger partial charge in [0.25, 0.3) is 0 Å². The lowest BCUT2D eigenvalue weighted by Gasteiger charge is -2.21. The van der Waals surface area contributed by atoms with Crippen molar-refractivity contribution in [2.75, 3.05) is 5.32 Å². The summed E-state index contributed by atoms with van der Waals surface area (Å²) >= 11 is 3.35. The third-order valence-electron chi connectivity index (χ3n) is 2.07. The van der Waals surface area contributed by atoms with Crippen LogP contribution in [0.25, 0.3) is 4.48 Å². The molecule has 0 saturated carbocycles. The average Bonchev–Trinajstić information content (AvgIpc) is 2.17.